The lowest BCUT2D eigenvalue weighted by Gasteiger charge is -2.25. The molecule has 0 fully saturated rings. The SMILES string of the molecule is CCOC(=O)C1=C(c2ccccc2)N=c2s/c(=C\c3cccc(OCc4ccc(C#N)cc4)c3)c(=O)n2[C@@H]1c1ccc(Cl)cc1. The van der Waals surface area contributed by atoms with E-state index >= 15 is 0 Å². The molecule has 0 bridgehead atoms. The normalized spacial score (nSPS) is 14.3. The first-order valence-corrected chi connectivity index (χ1v) is 15.4. The van der Waals surface area contributed by atoms with Crippen molar-refractivity contribution in [3.63, 3.8) is 0 Å². The molecule has 1 aromatic heterocycles. The number of carbonyl (C=O) groups is 1. The predicted molar refractivity (Wildman–Crippen MR) is 174 cm³/mol. The summed E-state index contributed by atoms with van der Waals surface area (Å²) in [5, 5.41) is 9.57. The third-order valence-electron chi connectivity index (χ3n) is 7.20. The molecule has 5 aromatic rings. The maximum Gasteiger partial charge on any atom is 0.338 e. The summed E-state index contributed by atoms with van der Waals surface area (Å²) in [4.78, 5) is 33.0. The number of fused-ring (bicyclic) bond motifs is 1. The van der Waals surface area contributed by atoms with Gasteiger partial charge in [0, 0.05) is 10.6 Å². The molecule has 0 unspecified atom stereocenters. The van der Waals surface area contributed by atoms with Crippen LogP contribution in [0.15, 0.2) is 118 Å². The fourth-order valence-corrected chi connectivity index (χ4v) is 6.22. The number of thiazole rings is 1. The summed E-state index contributed by atoms with van der Waals surface area (Å²) in [7, 11) is 0. The van der Waals surface area contributed by atoms with Crippen molar-refractivity contribution in [1.82, 2.24) is 4.57 Å². The summed E-state index contributed by atoms with van der Waals surface area (Å²) in [6.07, 6.45) is 1.80. The van der Waals surface area contributed by atoms with Crippen molar-refractivity contribution < 1.29 is 14.3 Å². The minimum atomic E-state index is -0.781. The number of hydrogen-bond acceptors (Lipinski definition) is 7. The second-order valence-corrected chi connectivity index (χ2v) is 11.6. The van der Waals surface area contributed by atoms with Gasteiger partial charge in [0.1, 0.15) is 12.4 Å². The average molecular weight is 632 g/mol. The molecule has 0 saturated heterocycles. The average Bonchev–Trinajstić information content (AvgIpc) is 3.38. The number of nitrogens with zero attached hydrogens (tertiary/aromatic N) is 3. The minimum absolute atomic E-state index is 0.172. The highest BCUT2D eigenvalue weighted by Gasteiger charge is 2.35. The van der Waals surface area contributed by atoms with E-state index in [1.807, 2.05) is 78.9 Å². The topological polar surface area (TPSA) is 93.7 Å². The van der Waals surface area contributed by atoms with Crippen LogP contribution < -0.4 is 19.6 Å². The van der Waals surface area contributed by atoms with Gasteiger partial charge in [0.25, 0.3) is 5.56 Å². The molecule has 9 heteroatoms. The highest BCUT2D eigenvalue weighted by molar-refractivity contribution is 7.07. The summed E-state index contributed by atoms with van der Waals surface area (Å²) >= 11 is 7.47. The van der Waals surface area contributed by atoms with Crippen LogP contribution in [0.2, 0.25) is 5.02 Å². The molecule has 2 heterocycles. The molecule has 4 aromatic carbocycles. The molecule has 45 heavy (non-hydrogen) atoms. The van der Waals surface area contributed by atoms with Crippen LogP contribution in [0.4, 0.5) is 0 Å². The molecular formula is C36H26ClN3O4S. The van der Waals surface area contributed by atoms with Gasteiger partial charge in [-0.3, -0.25) is 9.36 Å². The molecule has 0 aliphatic carbocycles. The van der Waals surface area contributed by atoms with Gasteiger partial charge in [-0.2, -0.15) is 5.26 Å². The molecule has 7 nitrogen and oxygen atoms in total. The third-order valence-corrected chi connectivity index (χ3v) is 8.44. The first-order chi connectivity index (χ1) is 21.9. The Hall–Kier alpha value is -5.23. The van der Waals surface area contributed by atoms with Crippen LogP contribution in [0.1, 0.15) is 40.8 Å². The standard InChI is InChI=1S/C36H26ClN3O4S/c1-2-43-35(42)31-32(26-8-4-3-5-9-26)39-36-40(33(31)27-15-17-28(37)18-16-27)34(41)30(45-36)20-25-7-6-10-29(19-25)44-22-24-13-11-23(21-38)12-14-24/h3-20,33H,2,22H2,1H3/b30-20-/t33-/m1/s1. The van der Waals surface area contributed by atoms with E-state index in [0.29, 0.717) is 43.5 Å². The van der Waals surface area contributed by atoms with Crippen molar-refractivity contribution in [3.8, 4) is 11.8 Å². The molecule has 1 atom stereocenters. The largest absolute Gasteiger partial charge is 0.489 e. The van der Waals surface area contributed by atoms with Crippen molar-refractivity contribution in [3.05, 3.63) is 161 Å². The predicted octanol–water partition coefficient (Wildman–Crippen LogP) is 6.04. The third kappa shape index (κ3) is 6.36. The Labute approximate surface area is 268 Å². The summed E-state index contributed by atoms with van der Waals surface area (Å²) < 4.78 is 13.5. The Balaban J connectivity index is 1.45. The Morgan fingerprint density at radius 3 is 2.49 bits per heavy atom. The van der Waals surface area contributed by atoms with Crippen LogP contribution in [-0.2, 0) is 16.1 Å². The number of esters is 1. The van der Waals surface area contributed by atoms with Gasteiger partial charge in [-0.05, 0) is 66.1 Å². The lowest BCUT2D eigenvalue weighted by molar-refractivity contribution is -0.138. The monoisotopic (exact) mass is 631 g/mol. The number of hydrogen-bond donors (Lipinski definition) is 0. The fourth-order valence-electron chi connectivity index (χ4n) is 5.09. The maximum absolute atomic E-state index is 14.1. The summed E-state index contributed by atoms with van der Waals surface area (Å²) in [6, 6.07) is 32.5. The zero-order chi connectivity index (χ0) is 31.3. The van der Waals surface area contributed by atoms with Gasteiger partial charge in [0.05, 0.1) is 40.1 Å². The lowest BCUT2D eigenvalue weighted by atomic mass is 9.93. The molecule has 6 rings (SSSR count). The summed E-state index contributed by atoms with van der Waals surface area (Å²) in [5.41, 5.74) is 4.20. The van der Waals surface area contributed by atoms with Crippen LogP contribution in [0.25, 0.3) is 11.8 Å². The van der Waals surface area contributed by atoms with Crippen molar-refractivity contribution in [2.75, 3.05) is 6.61 Å². The smallest absolute Gasteiger partial charge is 0.338 e. The minimum Gasteiger partial charge on any atom is -0.489 e. The van der Waals surface area contributed by atoms with Gasteiger partial charge < -0.3 is 9.47 Å². The molecular weight excluding hydrogens is 606 g/mol. The maximum atomic E-state index is 14.1. The second kappa shape index (κ2) is 13.2. The van der Waals surface area contributed by atoms with E-state index in [1.54, 1.807) is 41.8 Å². The fraction of sp³-hybridized carbons (Fsp3) is 0.111. The van der Waals surface area contributed by atoms with Gasteiger partial charge >= 0.3 is 5.97 Å². The highest BCUT2D eigenvalue weighted by atomic mass is 35.5. The molecule has 0 amide bonds. The van der Waals surface area contributed by atoms with Gasteiger partial charge in [-0.15, -0.1) is 0 Å². The van der Waals surface area contributed by atoms with Gasteiger partial charge in [-0.25, -0.2) is 9.79 Å². The lowest BCUT2D eigenvalue weighted by Crippen LogP contribution is -2.40. The highest BCUT2D eigenvalue weighted by Crippen LogP contribution is 2.35. The number of nitriles is 1. The summed E-state index contributed by atoms with van der Waals surface area (Å²) in [5.74, 6) is 0.0948. The zero-order valence-corrected chi connectivity index (χ0v) is 25.7. The van der Waals surface area contributed by atoms with E-state index in [0.717, 1.165) is 16.7 Å². The van der Waals surface area contributed by atoms with Crippen molar-refractivity contribution in [1.29, 1.82) is 5.26 Å². The molecule has 1 aliphatic rings. The van der Waals surface area contributed by atoms with E-state index in [4.69, 9.17) is 31.3 Å². The van der Waals surface area contributed by atoms with Gasteiger partial charge in [0.2, 0.25) is 0 Å². The number of rotatable bonds is 8. The van der Waals surface area contributed by atoms with Gasteiger partial charge in [-0.1, -0.05) is 89.7 Å². The van der Waals surface area contributed by atoms with Crippen LogP contribution in [0, 0.1) is 11.3 Å². The molecule has 0 N–H and O–H groups in total. The summed E-state index contributed by atoms with van der Waals surface area (Å²) in [6.45, 7) is 2.25. The first kappa shape index (κ1) is 29.8. The molecule has 0 radical (unpaired) electrons. The van der Waals surface area contributed by atoms with Gasteiger partial charge in [0.15, 0.2) is 4.80 Å². The molecule has 222 valence electrons. The number of benzene rings is 4. The van der Waals surface area contributed by atoms with Crippen LogP contribution in [0.5, 0.6) is 5.75 Å². The van der Waals surface area contributed by atoms with E-state index in [-0.39, 0.29) is 17.7 Å². The van der Waals surface area contributed by atoms with Crippen LogP contribution in [-0.4, -0.2) is 17.1 Å². The number of ether oxygens (including phenoxy) is 2. The number of aromatic nitrogens is 1. The Morgan fingerprint density at radius 1 is 1.02 bits per heavy atom. The second-order valence-electron chi connectivity index (χ2n) is 10.2. The van der Waals surface area contributed by atoms with Crippen LogP contribution >= 0.6 is 22.9 Å². The number of carbonyl (C=O) groups excluding carboxylic acids is 1. The first-order valence-electron chi connectivity index (χ1n) is 14.2. The van der Waals surface area contributed by atoms with Crippen molar-refractivity contribution in [2.45, 2.75) is 19.6 Å². The molecule has 1 aliphatic heterocycles. The van der Waals surface area contributed by atoms with Crippen molar-refractivity contribution in [2.24, 2.45) is 4.99 Å². The quantitative estimate of drug-likeness (QED) is 0.195. The number of halogens is 1. The van der Waals surface area contributed by atoms with Crippen LogP contribution in [0.3, 0.4) is 0 Å². The Kier molecular flexibility index (Phi) is 8.74. The molecule has 0 spiro atoms. The Morgan fingerprint density at radius 2 is 1.78 bits per heavy atom. The molecule has 0 saturated carbocycles. The Bertz CT molecular complexity index is 2130. The van der Waals surface area contributed by atoms with E-state index in [2.05, 4.69) is 6.07 Å². The zero-order valence-electron chi connectivity index (χ0n) is 24.1. The van der Waals surface area contributed by atoms with Crippen molar-refractivity contribution >= 4 is 40.7 Å². The van der Waals surface area contributed by atoms with E-state index < -0.39 is 12.0 Å². The van der Waals surface area contributed by atoms with E-state index in [1.165, 1.54) is 11.3 Å². The van der Waals surface area contributed by atoms with E-state index in [9.17, 15) is 9.59 Å².